The molecule has 182 valence electrons. The van der Waals surface area contributed by atoms with Crippen LogP contribution in [0.25, 0.3) is 10.9 Å². The van der Waals surface area contributed by atoms with E-state index in [0.717, 1.165) is 16.7 Å². The number of amides is 1. The van der Waals surface area contributed by atoms with Gasteiger partial charge in [0.25, 0.3) is 0 Å². The van der Waals surface area contributed by atoms with Crippen LogP contribution in [0, 0.1) is 0 Å². The zero-order valence-electron chi connectivity index (χ0n) is 20.6. The lowest BCUT2D eigenvalue weighted by Crippen LogP contribution is -2.50. The summed E-state index contributed by atoms with van der Waals surface area (Å²) in [6.07, 6.45) is 1.88. The number of likely N-dealkylation sites (N-methyl/N-ethyl adjacent to an activating group) is 1. The molecule has 2 N–H and O–H groups in total. The summed E-state index contributed by atoms with van der Waals surface area (Å²) < 4.78 is 7.34. The van der Waals surface area contributed by atoms with E-state index in [4.69, 9.17) is 9.72 Å². The van der Waals surface area contributed by atoms with Crippen LogP contribution in [0.15, 0.2) is 30.5 Å². The molecule has 0 unspecified atom stereocenters. The quantitative estimate of drug-likeness (QED) is 0.519. The number of aromatic nitrogens is 3. The molecule has 1 fully saturated rings. The van der Waals surface area contributed by atoms with E-state index in [2.05, 4.69) is 17.2 Å². The minimum absolute atomic E-state index is 0.0512. The summed E-state index contributed by atoms with van der Waals surface area (Å²) in [5, 5.41) is 15.2. The molecule has 3 aromatic rings. The first kappa shape index (κ1) is 23.7. The largest absolute Gasteiger partial charge is 0.494 e. The molecule has 1 aliphatic heterocycles. The van der Waals surface area contributed by atoms with Gasteiger partial charge in [-0.15, -0.1) is 0 Å². The van der Waals surface area contributed by atoms with Crippen molar-refractivity contribution in [3.05, 3.63) is 36.0 Å². The fraction of sp³-hybridized carbons (Fsp3) is 0.480. The number of hydrogen-bond donors (Lipinski definition) is 2. The van der Waals surface area contributed by atoms with Gasteiger partial charge in [-0.3, -0.25) is 4.79 Å². The highest BCUT2D eigenvalue weighted by molar-refractivity contribution is 5.94. The summed E-state index contributed by atoms with van der Waals surface area (Å²) in [7, 11) is 0. The highest BCUT2D eigenvalue weighted by Crippen LogP contribution is 2.35. The van der Waals surface area contributed by atoms with Crippen LogP contribution in [-0.4, -0.2) is 63.2 Å². The number of aromatic hydroxyl groups is 1. The Bertz CT molecular complexity index is 1160. The van der Waals surface area contributed by atoms with E-state index in [1.807, 2.05) is 68.0 Å². The number of rotatable bonds is 8. The van der Waals surface area contributed by atoms with Gasteiger partial charge in [0.15, 0.2) is 0 Å². The van der Waals surface area contributed by atoms with Gasteiger partial charge in [-0.05, 0) is 52.3 Å². The van der Waals surface area contributed by atoms with Crippen molar-refractivity contribution in [2.75, 3.05) is 43.0 Å². The van der Waals surface area contributed by atoms with Gasteiger partial charge in [0.1, 0.15) is 17.1 Å². The number of ether oxygens (including phenoxy) is 1. The summed E-state index contributed by atoms with van der Waals surface area (Å²) in [5.74, 6) is 2.05. The fourth-order valence-corrected chi connectivity index (χ4v) is 4.24. The third-order valence-corrected chi connectivity index (χ3v) is 6.24. The van der Waals surface area contributed by atoms with Gasteiger partial charge in [-0.2, -0.15) is 4.98 Å². The van der Waals surface area contributed by atoms with Crippen molar-refractivity contribution < 1.29 is 14.6 Å². The summed E-state index contributed by atoms with van der Waals surface area (Å²) in [4.78, 5) is 25.7. The maximum absolute atomic E-state index is 12.5. The molecule has 1 aliphatic rings. The Balaban J connectivity index is 1.70. The molecule has 9 heteroatoms. The average Bonchev–Trinajstić information content (AvgIpc) is 3.16. The molecule has 0 saturated carbocycles. The van der Waals surface area contributed by atoms with E-state index in [1.54, 1.807) is 4.57 Å². The monoisotopic (exact) mass is 466 g/mol. The van der Waals surface area contributed by atoms with E-state index in [-0.39, 0.29) is 30.4 Å². The number of nitrogens with zero attached hydrogens (tertiary/aromatic N) is 5. The number of fused-ring (bicyclic) bond motifs is 1. The van der Waals surface area contributed by atoms with Crippen molar-refractivity contribution in [1.82, 2.24) is 19.4 Å². The first-order chi connectivity index (χ1) is 16.3. The molecule has 1 amide bonds. The van der Waals surface area contributed by atoms with Gasteiger partial charge in [0.05, 0.1) is 18.5 Å². The molecule has 34 heavy (non-hydrogen) atoms. The van der Waals surface area contributed by atoms with Gasteiger partial charge < -0.3 is 29.5 Å². The van der Waals surface area contributed by atoms with Gasteiger partial charge in [-0.25, -0.2) is 4.98 Å². The number of carbonyl (C=O) groups excluding carboxylic acids is 1. The van der Waals surface area contributed by atoms with Gasteiger partial charge in [0, 0.05) is 37.9 Å². The van der Waals surface area contributed by atoms with E-state index < -0.39 is 0 Å². The molecule has 1 aromatic carbocycles. The fourth-order valence-electron chi connectivity index (χ4n) is 4.24. The smallest absolute Gasteiger partial charge is 0.242 e. The van der Waals surface area contributed by atoms with Crippen molar-refractivity contribution in [1.29, 1.82) is 0 Å². The standard InChI is InChI=1S/C25H34N6O3/c1-6-29-12-13-30(15-21(29)32)25-27-22-20(14-31(16(3)4)24(22)33)23(28-25)26-17(5)18-8-10-19(11-9-18)34-7-2/h8-11,14,16-17,33H,6-7,12-13,15H2,1-5H3,(H,26,27,28)/t17-/m1/s1. The molecule has 0 spiro atoms. The molecule has 3 heterocycles. The molecule has 1 saturated heterocycles. The van der Waals surface area contributed by atoms with Crippen LogP contribution in [0.3, 0.4) is 0 Å². The lowest BCUT2D eigenvalue weighted by Gasteiger charge is -2.33. The first-order valence-electron chi connectivity index (χ1n) is 12.0. The normalized spacial score (nSPS) is 15.3. The van der Waals surface area contributed by atoms with Crippen molar-refractivity contribution in [3.63, 3.8) is 0 Å². The lowest BCUT2D eigenvalue weighted by molar-refractivity contribution is -0.130. The Morgan fingerprint density at radius 2 is 1.85 bits per heavy atom. The number of nitrogens with one attached hydrogen (secondary N) is 1. The number of benzene rings is 1. The molecular weight excluding hydrogens is 432 g/mol. The highest BCUT2D eigenvalue weighted by Gasteiger charge is 2.27. The molecule has 4 rings (SSSR count). The number of anilines is 2. The molecule has 0 bridgehead atoms. The molecule has 0 radical (unpaired) electrons. The zero-order chi connectivity index (χ0) is 24.4. The van der Waals surface area contributed by atoms with Crippen molar-refractivity contribution >= 4 is 28.6 Å². The van der Waals surface area contributed by atoms with E-state index >= 15 is 0 Å². The Morgan fingerprint density at radius 1 is 1.12 bits per heavy atom. The van der Waals surface area contributed by atoms with Gasteiger partial charge in [0.2, 0.25) is 17.7 Å². The first-order valence-corrected chi connectivity index (χ1v) is 12.0. The predicted octanol–water partition coefficient (Wildman–Crippen LogP) is 3.96. The second kappa shape index (κ2) is 9.79. The Labute approximate surface area is 200 Å². The van der Waals surface area contributed by atoms with Crippen molar-refractivity contribution in [2.24, 2.45) is 0 Å². The number of carbonyl (C=O) groups is 1. The second-order valence-corrected chi connectivity index (χ2v) is 8.85. The maximum Gasteiger partial charge on any atom is 0.242 e. The average molecular weight is 467 g/mol. The van der Waals surface area contributed by atoms with Crippen LogP contribution in [0.1, 0.15) is 52.3 Å². The highest BCUT2D eigenvalue weighted by atomic mass is 16.5. The topological polar surface area (TPSA) is 95.8 Å². The van der Waals surface area contributed by atoms with Crippen LogP contribution in [0.4, 0.5) is 11.8 Å². The van der Waals surface area contributed by atoms with Gasteiger partial charge >= 0.3 is 0 Å². The zero-order valence-corrected chi connectivity index (χ0v) is 20.6. The minimum Gasteiger partial charge on any atom is -0.494 e. The van der Waals surface area contributed by atoms with Crippen LogP contribution in [-0.2, 0) is 4.79 Å². The molecular formula is C25H34N6O3. The SMILES string of the molecule is CCOc1ccc([C@@H](C)Nc2nc(N3CCN(CC)C(=O)C3)nc3c(O)n(C(C)C)cc23)cc1. The summed E-state index contributed by atoms with van der Waals surface area (Å²) in [6, 6.07) is 7.98. The third kappa shape index (κ3) is 4.60. The van der Waals surface area contributed by atoms with E-state index in [1.165, 1.54) is 0 Å². The Hall–Kier alpha value is -3.49. The lowest BCUT2D eigenvalue weighted by atomic mass is 10.1. The molecule has 1 atom stereocenters. The second-order valence-electron chi connectivity index (χ2n) is 8.85. The van der Waals surface area contributed by atoms with Crippen LogP contribution in [0.2, 0.25) is 0 Å². The van der Waals surface area contributed by atoms with Gasteiger partial charge in [-0.1, -0.05) is 12.1 Å². The van der Waals surface area contributed by atoms with Crippen LogP contribution in [0.5, 0.6) is 11.6 Å². The third-order valence-electron chi connectivity index (χ3n) is 6.24. The summed E-state index contributed by atoms with van der Waals surface area (Å²) in [6.45, 7) is 12.8. The van der Waals surface area contributed by atoms with Crippen LogP contribution >= 0.6 is 0 Å². The Kier molecular flexibility index (Phi) is 6.81. The summed E-state index contributed by atoms with van der Waals surface area (Å²) in [5.41, 5.74) is 1.56. The molecule has 0 aliphatic carbocycles. The minimum atomic E-state index is -0.0512. The van der Waals surface area contributed by atoms with Crippen molar-refractivity contribution in [2.45, 2.75) is 46.7 Å². The van der Waals surface area contributed by atoms with Crippen molar-refractivity contribution in [3.8, 4) is 11.6 Å². The molecule has 9 nitrogen and oxygen atoms in total. The predicted molar refractivity (Wildman–Crippen MR) is 134 cm³/mol. The maximum atomic E-state index is 12.5. The van der Waals surface area contributed by atoms with E-state index in [0.29, 0.717) is 43.5 Å². The Morgan fingerprint density at radius 3 is 2.47 bits per heavy atom. The molecule has 2 aromatic heterocycles. The van der Waals surface area contributed by atoms with E-state index in [9.17, 15) is 9.90 Å². The summed E-state index contributed by atoms with van der Waals surface area (Å²) >= 11 is 0. The number of piperazine rings is 1. The number of hydrogen-bond acceptors (Lipinski definition) is 7. The van der Waals surface area contributed by atoms with Crippen LogP contribution < -0.4 is 15.0 Å².